The van der Waals surface area contributed by atoms with Gasteiger partial charge in [0.05, 0.1) is 10.6 Å². The molecule has 0 bridgehead atoms. The molecule has 76 valence electrons. The van der Waals surface area contributed by atoms with Gasteiger partial charge in [0, 0.05) is 30.8 Å². The van der Waals surface area contributed by atoms with E-state index in [4.69, 9.17) is 0 Å². The lowest BCUT2D eigenvalue weighted by atomic mass is 9.82. The zero-order valence-electron chi connectivity index (χ0n) is 7.90. The van der Waals surface area contributed by atoms with Crippen LogP contribution in [0.4, 0.5) is 0 Å². The van der Waals surface area contributed by atoms with Crippen molar-refractivity contribution in [2.24, 2.45) is 0 Å². The molecular weight excluding hydrogens is 198 g/mol. The highest BCUT2D eigenvalue weighted by atomic mass is 32.1. The van der Waals surface area contributed by atoms with Crippen molar-refractivity contribution in [2.45, 2.75) is 37.7 Å². The molecule has 0 atom stereocenters. The predicted octanol–water partition coefficient (Wildman–Crippen LogP) is 1.56. The first-order valence-electron chi connectivity index (χ1n) is 4.80. The number of Topliss-reactive ketones (excluding diaryl/α,β-unsaturated/α-hetero) is 1. The average Bonchev–Trinajstić information content (AvgIpc) is 2.63. The van der Waals surface area contributed by atoms with Crippen LogP contribution in [0.5, 0.6) is 0 Å². The van der Waals surface area contributed by atoms with Gasteiger partial charge in [0.25, 0.3) is 0 Å². The number of carbonyl (C=O) groups excluding carboxylic acids is 1. The van der Waals surface area contributed by atoms with Crippen molar-refractivity contribution in [3.05, 3.63) is 16.6 Å². The van der Waals surface area contributed by atoms with Crippen LogP contribution < -0.4 is 0 Å². The number of nitrogens with zero attached hydrogens (tertiary/aromatic N) is 1. The highest BCUT2D eigenvalue weighted by molar-refractivity contribution is 7.09. The third kappa shape index (κ3) is 2.19. The number of hydrogen-bond acceptors (Lipinski definition) is 4. The van der Waals surface area contributed by atoms with E-state index < -0.39 is 5.60 Å². The Morgan fingerprint density at radius 2 is 2.21 bits per heavy atom. The molecule has 14 heavy (non-hydrogen) atoms. The minimum atomic E-state index is -0.689. The molecule has 1 aliphatic carbocycles. The van der Waals surface area contributed by atoms with Gasteiger partial charge in [0.1, 0.15) is 5.78 Å². The quantitative estimate of drug-likeness (QED) is 0.807. The summed E-state index contributed by atoms with van der Waals surface area (Å²) in [5, 5.41) is 13.0. The molecule has 0 amide bonds. The molecule has 1 saturated carbocycles. The normalized spacial score (nSPS) is 21.1. The van der Waals surface area contributed by atoms with Gasteiger partial charge >= 0.3 is 0 Å². The molecular formula is C10H13NO2S. The van der Waals surface area contributed by atoms with E-state index in [9.17, 15) is 9.90 Å². The number of hydrogen-bond donors (Lipinski definition) is 1. The van der Waals surface area contributed by atoms with Gasteiger partial charge in [0.2, 0.25) is 0 Å². The standard InChI is InChI=1S/C10H13NO2S/c12-8-1-3-10(13,4-2-8)7-9-11-5-6-14-9/h5-6,13H,1-4,7H2. The Balaban J connectivity index is 1.99. The second-order valence-corrected chi connectivity index (χ2v) is 4.84. The Kier molecular flexibility index (Phi) is 2.65. The van der Waals surface area contributed by atoms with Gasteiger partial charge in [-0.15, -0.1) is 11.3 Å². The third-order valence-electron chi connectivity index (χ3n) is 2.70. The van der Waals surface area contributed by atoms with Crippen molar-refractivity contribution in [1.82, 2.24) is 4.98 Å². The van der Waals surface area contributed by atoms with E-state index in [1.807, 2.05) is 5.38 Å². The zero-order chi connectivity index (χ0) is 10.0. The first kappa shape index (κ1) is 9.80. The molecule has 0 spiro atoms. The van der Waals surface area contributed by atoms with Crippen molar-refractivity contribution in [3.63, 3.8) is 0 Å². The third-order valence-corrected chi connectivity index (χ3v) is 3.48. The smallest absolute Gasteiger partial charge is 0.133 e. The topological polar surface area (TPSA) is 50.2 Å². The lowest BCUT2D eigenvalue weighted by Crippen LogP contribution is -2.36. The summed E-state index contributed by atoms with van der Waals surface area (Å²) in [5.41, 5.74) is -0.689. The van der Waals surface area contributed by atoms with Crippen molar-refractivity contribution in [3.8, 4) is 0 Å². The molecule has 1 N–H and O–H groups in total. The number of carbonyl (C=O) groups is 1. The van der Waals surface area contributed by atoms with E-state index >= 15 is 0 Å². The molecule has 1 aromatic heterocycles. The van der Waals surface area contributed by atoms with Crippen molar-refractivity contribution < 1.29 is 9.90 Å². The van der Waals surface area contributed by atoms with Gasteiger partial charge < -0.3 is 5.11 Å². The minimum absolute atomic E-state index is 0.272. The maximum Gasteiger partial charge on any atom is 0.133 e. The number of aromatic nitrogens is 1. The van der Waals surface area contributed by atoms with E-state index in [0.717, 1.165) is 5.01 Å². The van der Waals surface area contributed by atoms with Crippen LogP contribution in [0.1, 0.15) is 30.7 Å². The number of ketones is 1. The van der Waals surface area contributed by atoms with Crippen LogP contribution in [0.15, 0.2) is 11.6 Å². The Hall–Kier alpha value is -0.740. The molecule has 0 aliphatic heterocycles. The van der Waals surface area contributed by atoms with E-state index in [1.165, 1.54) is 0 Å². The van der Waals surface area contributed by atoms with Crippen molar-refractivity contribution in [2.75, 3.05) is 0 Å². The summed E-state index contributed by atoms with van der Waals surface area (Å²) in [6.07, 6.45) is 4.55. The summed E-state index contributed by atoms with van der Waals surface area (Å²) < 4.78 is 0. The molecule has 3 nitrogen and oxygen atoms in total. The fourth-order valence-corrected chi connectivity index (χ4v) is 2.55. The maximum absolute atomic E-state index is 11.0. The van der Waals surface area contributed by atoms with Gasteiger partial charge in [-0.1, -0.05) is 0 Å². The molecule has 0 saturated heterocycles. The van der Waals surface area contributed by atoms with E-state index in [-0.39, 0.29) is 5.78 Å². The van der Waals surface area contributed by atoms with Crippen molar-refractivity contribution in [1.29, 1.82) is 0 Å². The summed E-state index contributed by atoms with van der Waals surface area (Å²) in [6.45, 7) is 0. The SMILES string of the molecule is O=C1CCC(O)(Cc2nccs2)CC1. The van der Waals surface area contributed by atoms with Crippen LogP contribution in [0.2, 0.25) is 0 Å². The predicted molar refractivity (Wildman–Crippen MR) is 54.2 cm³/mol. The molecule has 0 radical (unpaired) electrons. The monoisotopic (exact) mass is 211 g/mol. The number of aliphatic hydroxyl groups is 1. The summed E-state index contributed by atoms with van der Waals surface area (Å²) >= 11 is 1.56. The minimum Gasteiger partial charge on any atom is -0.389 e. The number of rotatable bonds is 2. The molecule has 2 rings (SSSR count). The van der Waals surface area contributed by atoms with Crippen molar-refractivity contribution >= 4 is 17.1 Å². The summed E-state index contributed by atoms with van der Waals surface area (Å²) in [5.74, 6) is 0.272. The second kappa shape index (κ2) is 3.79. The molecule has 0 unspecified atom stereocenters. The Morgan fingerprint density at radius 1 is 1.50 bits per heavy atom. The highest BCUT2D eigenvalue weighted by Crippen LogP contribution is 2.29. The fourth-order valence-electron chi connectivity index (χ4n) is 1.79. The highest BCUT2D eigenvalue weighted by Gasteiger charge is 2.33. The fraction of sp³-hybridized carbons (Fsp3) is 0.600. The summed E-state index contributed by atoms with van der Waals surface area (Å²) in [6, 6.07) is 0. The van der Waals surface area contributed by atoms with Crippen LogP contribution in [0, 0.1) is 0 Å². The van der Waals surface area contributed by atoms with Gasteiger partial charge in [0.15, 0.2) is 0 Å². The Morgan fingerprint density at radius 3 is 2.79 bits per heavy atom. The average molecular weight is 211 g/mol. The molecule has 0 aromatic carbocycles. The Bertz CT molecular complexity index is 311. The van der Waals surface area contributed by atoms with Gasteiger partial charge in [-0.05, 0) is 12.8 Å². The van der Waals surface area contributed by atoms with E-state index in [1.54, 1.807) is 17.5 Å². The molecule has 1 fully saturated rings. The number of thiazole rings is 1. The molecule has 4 heteroatoms. The van der Waals surface area contributed by atoms with Crippen LogP contribution >= 0.6 is 11.3 Å². The van der Waals surface area contributed by atoms with Crippen LogP contribution in [0.3, 0.4) is 0 Å². The summed E-state index contributed by atoms with van der Waals surface area (Å²) in [4.78, 5) is 15.2. The van der Waals surface area contributed by atoms with Crippen LogP contribution in [-0.4, -0.2) is 21.5 Å². The van der Waals surface area contributed by atoms with Gasteiger partial charge in [-0.2, -0.15) is 0 Å². The first-order chi connectivity index (χ1) is 6.68. The molecule has 1 aromatic rings. The lowest BCUT2D eigenvalue weighted by molar-refractivity contribution is -0.125. The van der Waals surface area contributed by atoms with Crippen LogP contribution in [-0.2, 0) is 11.2 Å². The van der Waals surface area contributed by atoms with E-state index in [0.29, 0.717) is 32.1 Å². The lowest BCUT2D eigenvalue weighted by Gasteiger charge is -2.30. The molecule has 1 aliphatic rings. The Labute approximate surface area is 86.8 Å². The summed E-state index contributed by atoms with van der Waals surface area (Å²) in [7, 11) is 0. The van der Waals surface area contributed by atoms with E-state index in [2.05, 4.69) is 4.98 Å². The first-order valence-corrected chi connectivity index (χ1v) is 5.68. The maximum atomic E-state index is 11.0. The van der Waals surface area contributed by atoms with Crippen LogP contribution in [0.25, 0.3) is 0 Å². The van der Waals surface area contributed by atoms with Gasteiger partial charge in [-0.25, -0.2) is 4.98 Å². The zero-order valence-corrected chi connectivity index (χ0v) is 8.72. The van der Waals surface area contributed by atoms with Gasteiger partial charge in [-0.3, -0.25) is 4.79 Å². The largest absolute Gasteiger partial charge is 0.389 e. The molecule has 1 heterocycles. The second-order valence-electron chi connectivity index (χ2n) is 3.87.